The molecule has 0 fully saturated rings. The van der Waals surface area contributed by atoms with E-state index >= 15 is 0 Å². The maximum atomic E-state index is 12.4. The molecular formula is C15H12N4O4S. The number of nitro groups is 1. The molecule has 1 aromatic carbocycles. The molecule has 0 spiro atoms. The van der Waals surface area contributed by atoms with E-state index in [9.17, 15) is 19.7 Å². The number of fused-ring (bicyclic) bond motifs is 1. The fourth-order valence-electron chi connectivity index (χ4n) is 2.14. The van der Waals surface area contributed by atoms with Crippen LogP contribution in [-0.4, -0.2) is 20.5 Å². The second kappa shape index (κ2) is 6.20. The number of nitrogens with one attached hydrogen (secondary N) is 1. The van der Waals surface area contributed by atoms with Crippen molar-refractivity contribution in [3.8, 4) is 0 Å². The molecule has 2 aromatic heterocycles. The molecule has 0 saturated carbocycles. The van der Waals surface area contributed by atoms with Crippen LogP contribution in [-0.2, 0) is 6.42 Å². The summed E-state index contributed by atoms with van der Waals surface area (Å²) in [5.74, 6) is -0.556. The molecule has 0 aliphatic carbocycles. The minimum absolute atomic E-state index is 0.114. The van der Waals surface area contributed by atoms with E-state index in [0.29, 0.717) is 10.2 Å². The Morgan fingerprint density at radius 3 is 2.71 bits per heavy atom. The van der Waals surface area contributed by atoms with Gasteiger partial charge in [-0.05, 0) is 24.6 Å². The van der Waals surface area contributed by atoms with E-state index in [0.717, 1.165) is 16.0 Å². The Balaban J connectivity index is 1.88. The van der Waals surface area contributed by atoms with Crippen LogP contribution in [0.15, 0.2) is 41.5 Å². The minimum atomic E-state index is -0.556. The maximum Gasteiger partial charge on any atom is 0.280 e. The summed E-state index contributed by atoms with van der Waals surface area (Å²) in [4.78, 5) is 40.5. The first-order chi connectivity index (χ1) is 11.5. The fraction of sp³-hybridized carbons (Fsp3) is 0.133. The SMILES string of the molecule is CCc1cc2c(=O)n(NC(=O)c3ccc([N+](=O)[O-])cc3)cnc2s1. The summed E-state index contributed by atoms with van der Waals surface area (Å²) in [7, 11) is 0. The highest BCUT2D eigenvalue weighted by Crippen LogP contribution is 2.20. The smallest absolute Gasteiger partial charge is 0.267 e. The largest absolute Gasteiger partial charge is 0.280 e. The number of benzene rings is 1. The number of aromatic nitrogens is 2. The van der Waals surface area contributed by atoms with E-state index < -0.39 is 10.8 Å². The molecule has 0 saturated heterocycles. The molecule has 0 bridgehead atoms. The number of amides is 1. The van der Waals surface area contributed by atoms with Gasteiger partial charge in [0.1, 0.15) is 11.2 Å². The predicted octanol–water partition coefficient (Wildman–Crippen LogP) is 2.31. The summed E-state index contributed by atoms with van der Waals surface area (Å²) in [5.41, 5.74) is 2.15. The third-order valence-corrected chi connectivity index (χ3v) is 4.60. The zero-order chi connectivity index (χ0) is 17.3. The lowest BCUT2D eigenvalue weighted by Gasteiger charge is -2.07. The van der Waals surface area contributed by atoms with Gasteiger partial charge in [-0.3, -0.25) is 25.1 Å². The van der Waals surface area contributed by atoms with E-state index in [1.165, 1.54) is 41.9 Å². The van der Waals surface area contributed by atoms with E-state index in [1.807, 2.05) is 6.92 Å². The zero-order valence-corrected chi connectivity index (χ0v) is 13.4. The van der Waals surface area contributed by atoms with Crippen LogP contribution in [0, 0.1) is 10.1 Å². The van der Waals surface area contributed by atoms with Crippen LogP contribution in [0.5, 0.6) is 0 Å². The molecule has 8 nitrogen and oxygen atoms in total. The summed E-state index contributed by atoms with van der Waals surface area (Å²) >= 11 is 1.44. The van der Waals surface area contributed by atoms with Crippen molar-refractivity contribution < 1.29 is 9.72 Å². The van der Waals surface area contributed by atoms with Crippen molar-refractivity contribution in [1.29, 1.82) is 0 Å². The minimum Gasteiger partial charge on any atom is -0.267 e. The first kappa shape index (κ1) is 15.8. The van der Waals surface area contributed by atoms with Gasteiger partial charge in [-0.15, -0.1) is 11.3 Å². The summed E-state index contributed by atoms with van der Waals surface area (Å²) < 4.78 is 1.01. The fourth-order valence-corrected chi connectivity index (χ4v) is 3.06. The number of rotatable bonds is 4. The van der Waals surface area contributed by atoms with Crippen molar-refractivity contribution in [2.24, 2.45) is 0 Å². The number of carbonyl (C=O) groups excluding carboxylic acids is 1. The van der Waals surface area contributed by atoms with E-state index in [1.54, 1.807) is 6.07 Å². The van der Waals surface area contributed by atoms with Crippen molar-refractivity contribution in [2.75, 3.05) is 5.43 Å². The third-order valence-electron chi connectivity index (χ3n) is 3.41. The van der Waals surface area contributed by atoms with Crippen molar-refractivity contribution in [3.63, 3.8) is 0 Å². The molecule has 0 aliphatic rings. The van der Waals surface area contributed by atoms with Crippen LogP contribution in [0.2, 0.25) is 0 Å². The Hall–Kier alpha value is -3.07. The molecule has 0 atom stereocenters. The highest BCUT2D eigenvalue weighted by molar-refractivity contribution is 7.18. The average Bonchev–Trinajstić information content (AvgIpc) is 3.01. The summed E-state index contributed by atoms with van der Waals surface area (Å²) in [6.07, 6.45) is 2.06. The molecule has 3 aromatic rings. The normalized spacial score (nSPS) is 10.7. The van der Waals surface area contributed by atoms with E-state index in [2.05, 4.69) is 10.4 Å². The number of non-ortho nitro benzene ring substituents is 1. The van der Waals surface area contributed by atoms with Crippen LogP contribution in [0.4, 0.5) is 5.69 Å². The van der Waals surface area contributed by atoms with Gasteiger partial charge in [0, 0.05) is 22.6 Å². The van der Waals surface area contributed by atoms with Crippen LogP contribution in [0.3, 0.4) is 0 Å². The van der Waals surface area contributed by atoms with Crippen molar-refractivity contribution in [3.05, 3.63) is 67.6 Å². The van der Waals surface area contributed by atoms with Crippen LogP contribution in [0.25, 0.3) is 10.2 Å². The average molecular weight is 344 g/mol. The molecule has 0 unspecified atom stereocenters. The number of aryl methyl sites for hydroxylation is 1. The number of carbonyl (C=O) groups is 1. The Bertz CT molecular complexity index is 991. The maximum absolute atomic E-state index is 12.4. The molecule has 1 amide bonds. The number of hydrogen-bond donors (Lipinski definition) is 1. The predicted molar refractivity (Wildman–Crippen MR) is 90.0 cm³/mol. The standard InChI is InChI=1S/C15H12N4O4S/c1-2-11-7-12-14(24-11)16-8-18(15(12)21)17-13(20)9-3-5-10(6-4-9)19(22)23/h3-8H,2H2,1H3,(H,17,20). The Labute approximate surface area is 139 Å². The van der Waals surface area contributed by atoms with Gasteiger partial charge in [-0.1, -0.05) is 6.92 Å². The van der Waals surface area contributed by atoms with Gasteiger partial charge >= 0.3 is 0 Å². The van der Waals surface area contributed by atoms with E-state index in [4.69, 9.17) is 0 Å². The lowest BCUT2D eigenvalue weighted by molar-refractivity contribution is -0.384. The Kier molecular flexibility index (Phi) is 4.09. The topological polar surface area (TPSA) is 107 Å². The van der Waals surface area contributed by atoms with Gasteiger partial charge in [0.2, 0.25) is 0 Å². The van der Waals surface area contributed by atoms with Gasteiger partial charge in [-0.2, -0.15) is 0 Å². The van der Waals surface area contributed by atoms with Gasteiger partial charge in [0.05, 0.1) is 10.3 Å². The first-order valence-corrected chi connectivity index (χ1v) is 7.87. The highest BCUT2D eigenvalue weighted by atomic mass is 32.1. The molecule has 24 heavy (non-hydrogen) atoms. The van der Waals surface area contributed by atoms with Gasteiger partial charge < -0.3 is 0 Å². The molecule has 0 aliphatic heterocycles. The van der Waals surface area contributed by atoms with Crippen LogP contribution in [0.1, 0.15) is 22.2 Å². The summed E-state index contributed by atoms with van der Waals surface area (Å²) in [6, 6.07) is 6.87. The Morgan fingerprint density at radius 2 is 2.08 bits per heavy atom. The second-order valence-electron chi connectivity index (χ2n) is 4.95. The van der Waals surface area contributed by atoms with Crippen LogP contribution < -0.4 is 11.0 Å². The number of nitrogens with zero attached hydrogens (tertiary/aromatic N) is 3. The number of hydrogen-bond acceptors (Lipinski definition) is 6. The van der Waals surface area contributed by atoms with Gasteiger partial charge in [0.15, 0.2) is 0 Å². The first-order valence-electron chi connectivity index (χ1n) is 7.05. The molecular weight excluding hydrogens is 332 g/mol. The van der Waals surface area contributed by atoms with Crippen molar-refractivity contribution in [1.82, 2.24) is 9.66 Å². The zero-order valence-electron chi connectivity index (χ0n) is 12.6. The molecule has 3 rings (SSSR count). The lowest BCUT2D eigenvalue weighted by atomic mass is 10.2. The van der Waals surface area contributed by atoms with Crippen molar-refractivity contribution in [2.45, 2.75) is 13.3 Å². The second-order valence-corrected chi connectivity index (χ2v) is 6.06. The molecule has 122 valence electrons. The number of thiophene rings is 1. The highest BCUT2D eigenvalue weighted by Gasteiger charge is 2.13. The Morgan fingerprint density at radius 1 is 1.38 bits per heavy atom. The van der Waals surface area contributed by atoms with Crippen molar-refractivity contribution >= 4 is 33.1 Å². The lowest BCUT2D eigenvalue weighted by Crippen LogP contribution is -2.32. The summed E-state index contributed by atoms with van der Waals surface area (Å²) in [5, 5.41) is 11.1. The van der Waals surface area contributed by atoms with Crippen LogP contribution >= 0.6 is 11.3 Å². The third kappa shape index (κ3) is 2.88. The number of nitro benzene ring substituents is 1. The summed E-state index contributed by atoms with van der Waals surface area (Å²) in [6.45, 7) is 1.99. The quantitative estimate of drug-likeness (QED) is 0.577. The monoisotopic (exact) mass is 344 g/mol. The molecule has 2 heterocycles. The van der Waals surface area contributed by atoms with E-state index in [-0.39, 0.29) is 16.8 Å². The molecule has 9 heteroatoms. The molecule has 0 radical (unpaired) electrons. The van der Waals surface area contributed by atoms with Gasteiger partial charge in [-0.25, -0.2) is 9.66 Å². The molecule has 1 N–H and O–H groups in total. The van der Waals surface area contributed by atoms with Gasteiger partial charge in [0.25, 0.3) is 17.2 Å².